The number of aliphatic hydroxyl groups excluding tert-OH is 1. The van der Waals surface area contributed by atoms with E-state index in [1.165, 1.54) is 19.2 Å². The predicted molar refractivity (Wildman–Crippen MR) is 70.1 cm³/mol. The van der Waals surface area contributed by atoms with E-state index in [0.717, 1.165) is 4.31 Å². The summed E-state index contributed by atoms with van der Waals surface area (Å²) in [5, 5.41) is 8.98. The Kier molecular flexibility index (Phi) is 4.54. The van der Waals surface area contributed by atoms with Crippen LogP contribution in [0.2, 0.25) is 0 Å². The lowest BCUT2D eigenvalue weighted by Crippen LogP contribution is -2.37. The molecule has 0 spiro atoms. The van der Waals surface area contributed by atoms with E-state index in [2.05, 4.69) is 15.9 Å². The standard InChI is InChI=1S/C10H15BrN2O3S/c1-7(6-14)13(2)17(15,16)8-3-4-9(11)10(12)5-8/h3-5,7,14H,6,12H2,1-2H3. The monoisotopic (exact) mass is 322 g/mol. The van der Waals surface area contributed by atoms with Crippen LogP contribution in [-0.4, -0.2) is 37.5 Å². The summed E-state index contributed by atoms with van der Waals surface area (Å²) in [7, 11) is -2.19. The highest BCUT2D eigenvalue weighted by molar-refractivity contribution is 9.10. The van der Waals surface area contributed by atoms with Gasteiger partial charge in [-0.25, -0.2) is 8.42 Å². The van der Waals surface area contributed by atoms with Crippen molar-refractivity contribution in [1.82, 2.24) is 4.31 Å². The Morgan fingerprint density at radius 1 is 1.53 bits per heavy atom. The van der Waals surface area contributed by atoms with Crippen molar-refractivity contribution in [2.75, 3.05) is 19.4 Å². The van der Waals surface area contributed by atoms with Crippen molar-refractivity contribution in [3.8, 4) is 0 Å². The minimum Gasteiger partial charge on any atom is -0.398 e. The predicted octanol–water partition coefficient (Wildman–Crippen LogP) is 1.03. The lowest BCUT2D eigenvalue weighted by Gasteiger charge is -2.22. The lowest BCUT2D eigenvalue weighted by atomic mass is 10.3. The summed E-state index contributed by atoms with van der Waals surface area (Å²) in [6, 6.07) is 3.96. The Balaban J connectivity index is 3.17. The molecule has 0 saturated carbocycles. The molecule has 0 fully saturated rings. The van der Waals surface area contributed by atoms with Crippen LogP contribution in [0, 0.1) is 0 Å². The molecular weight excluding hydrogens is 308 g/mol. The van der Waals surface area contributed by atoms with Gasteiger partial charge in [0.1, 0.15) is 0 Å². The fraction of sp³-hybridized carbons (Fsp3) is 0.400. The topological polar surface area (TPSA) is 83.6 Å². The van der Waals surface area contributed by atoms with Crippen molar-refractivity contribution in [3.05, 3.63) is 22.7 Å². The second-order valence-electron chi connectivity index (χ2n) is 3.74. The van der Waals surface area contributed by atoms with E-state index in [-0.39, 0.29) is 11.5 Å². The average Bonchev–Trinajstić information content (AvgIpc) is 2.30. The maximum Gasteiger partial charge on any atom is 0.243 e. The van der Waals surface area contributed by atoms with E-state index in [0.29, 0.717) is 10.2 Å². The van der Waals surface area contributed by atoms with Gasteiger partial charge < -0.3 is 10.8 Å². The van der Waals surface area contributed by atoms with Crippen molar-refractivity contribution in [3.63, 3.8) is 0 Å². The Morgan fingerprint density at radius 2 is 2.12 bits per heavy atom. The van der Waals surface area contributed by atoms with Crippen LogP contribution in [0.25, 0.3) is 0 Å². The van der Waals surface area contributed by atoms with Gasteiger partial charge in [-0.2, -0.15) is 4.31 Å². The summed E-state index contributed by atoms with van der Waals surface area (Å²) >= 11 is 3.20. The Hall–Kier alpha value is -0.630. The molecule has 0 heterocycles. The van der Waals surface area contributed by atoms with E-state index >= 15 is 0 Å². The molecule has 0 aromatic heterocycles. The van der Waals surface area contributed by atoms with Crippen molar-refractivity contribution in [2.45, 2.75) is 17.9 Å². The van der Waals surface area contributed by atoms with Crippen LogP contribution in [0.15, 0.2) is 27.6 Å². The lowest BCUT2D eigenvalue weighted by molar-refractivity contribution is 0.214. The number of hydrogen-bond donors (Lipinski definition) is 2. The van der Waals surface area contributed by atoms with E-state index in [1.807, 2.05) is 0 Å². The molecule has 1 aromatic carbocycles. The van der Waals surface area contributed by atoms with Crippen LogP contribution < -0.4 is 5.73 Å². The van der Waals surface area contributed by atoms with E-state index in [1.54, 1.807) is 13.0 Å². The molecule has 3 N–H and O–H groups in total. The molecule has 0 aliphatic heterocycles. The maximum atomic E-state index is 12.1. The molecule has 7 heteroatoms. The average molecular weight is 323 g/mol. The maximum absolute atomic E-state index is 12.1. The van der Waals surface area contributed by atoms with Gasteiger partial charge in [0.25, 0.3) is 0 Å². The number of sulfonamides is 1. The number of rotatable bonds is 4. The number of aliphatic hydroxyl groups is 1. The zero-order valence-corrected chi connectivity index (χ0v) is 12.0. The summed E-state index contributed by atoms with van der Waals surface area (Å²) in [4.78, 5) is 0.112. The fourth-order valence-electron chi connectivity index (χ4n) is 1.20. The number of hydrogen-bond acceptors (Lipinski definition) is 4. The first kappa shape index (κ1) is 14.4. The fourth-order valence-corrected chi connectivity index (χ4v) is 2.84. The first-order valence-corrected chi connectivity index (χ1v) is 7.18. The van der Waals surface area contributed by atoms with Gasteiger partial charge >= 0.3 is 0 Å². The van der Waals surface area contributed by atoms with Gasteiger partial charge in [0, 0.05) is 23.2 Å². The summed E-state index contributed by atoms with van der Waals surface area (Å²) in [5.41, 5.74) is 6.00. The van der Waals surface area contributed by atoms with Crippen molar-refractivity contribution in [1.29, 1.82) is 0 Å². The van der Waals surface area contributed by atoms with Crippen LogP contribution >= 0.6 is 15.9 Å². The van der Waals surface area contributed by atoms with E-state index in [9.17, 15) is 8.42 Å². The SMILES string of the molecule is CC(CO)N(C)S(=O)(=O)c1ccc(Br)c(N)c1. The molecule has 0 bridgehead atoms. The molecule has 0 radical (unpaired) electrons. The Labute approximate surface area is 109 Å². The Bertz CT molecular complexity index is 504. The number of likely N-dealkylation sites (N-methyl/N-ethyl adjacent to an activating group) is 1. The minimum absolute atomic E-state index is 0.112. The summed E-state index contributed by atoms with van der Waals surface area (Å²) < 4.78 is 26.0. The summed E-state index contributed by atoms with van der Waals surface area (Å²) in [6.07, 6.45) is 0. The molecule has 0 aliphatic carbocycles. The highest BCUT2D eigenvalue weighted by Crippen LogP contribution is 2.25. The van der Waals surface area contributed by atoms with Crippen molar-refractivity contribution >= 4 is 31.6 Å². The van der Waals surface area contributed by atoms with Gasteiger partial charge in [-0.1, -0.05) is 0 Å². The largest absolute Gasteiger partial charge is 0.398 e. The molecule has 1 atom stereocenters. The third-order valence-electron chi connectivity index (χ3n) is 2.53. The molecule has 0 saturated heterocycles. The zero-order chi connectivity index (χ0) is 13.2. The second-order valence-corrected chi connectivity index (χ2v) is 6.59. The van der Waals surface area contributed by atoms with Crippen molar-refractivity contribution < 1.29 is 13.5 Å². The third-order valence-corrected chi connectivity index (χ3v) is 5.22. The highest BCUT2D eigenvalue weighted by atomic mass is 79.9. The van der Waals surface area contributed by atoms with E-state index < -0.39 is 16.1 Å². The van der Waals surface area contributed by atoms with Crippen LogP contribution in [0.3, 0.4) is 0 Å². The molecule has 1 rings (SSSR count). The smallest absolute Gasteiger partial charge is 0.243 e. The van der Waals surface area contributed by atoms with Gasteiger partial charge in [-0.3, -0.25) is 0 Å². The van der Waals surface area contributed by atoms with Crippen LogP contribution in [0.1, 0.15) is 6.92 Å². The highest BCUT2D eigenvalue weighted by Gasteiger charge is 2.25. The number of nitrogens with zero attached hydrogens (tertiary/aromatic N) is 1. The van der Waals surface area contributed by atoms with E-state index in [4.69, 9.17) is 10.8 Å². The number of nitrogen functional groups attached to an aromatic ring is 1. The quantitative estimate of drug-likeness (QED) is 0.811. The van der Waals surface area contributed by atoms with Crippen LogP contribution in [0.5, 0.6) is 0 Å². The molecule has 96 valence electrons. The zero-order valence-electron chi connectivity index (χ0n) is 9.59. The number of benzene rings is 1. The van der Waals surface area contributed by atoms with Crippen LogP contribution in [0.4, 0.5) is 5.69 Å². The third kappa shape index (κ3) is 2.98. The number of anilines is 1. The molecule has 1 unspecified atom stereocenters. The molecule has 17 heavy (non-hydrogen) atoms. The first-order chi connectivity index (χ1) is 7.80. The molecule has 5 nitrogen and oxygen atoms in total. The molecule has 0 aliphatic rings. The number of halogens is 1. The summed E-state index contributed by atoms with van der Waals surface area (Å²) in [5.74, 6) is 0. The second kappa shape index (κ2) is 5.34. The summed E-state index contributed by atoms with van der Waals surface area (Å²) in [6.45, 7) is 1.39. The number of nitrogens with two attached hydrogens (primary N) is 1. The van der Waals surface area contributed by atoms with Crippen molar-refractivity contribution in [2.24, 2.45) is 0 Å². The molecular formula is C10H15BrN2O3S. The van der Waals surface area contributed by atoms with Crippen LogP contribution in [-0.2, 0) is 10.0 Å². The Morgan fingerprint density at radius 3 is 2.59 bits per heavy atom. The van der Waals surface area contributed by atoms with Gasteiger partial charge in [-0.15, -0.1) is 0 Å². The van der Waals surface area contributed by atoms with Gasteiger partial charge in [0.05, 0.1) is 11.5 Å². The van der Waals surface area contributed by atoms with Gasteiger partial charge in [0.2, 0.25) is 10.0 Å². The van der Waals surface area contributed by atoms with Gasteiger partial charge in [0.15, 0.2) is 0 Å². The van der Waals surface area contributed by atoms with Gasteiger partial charge in [-0.05, 0) is 41.1 Å². The normalized spacial score (nSPS) is 13.9. The molecule has 0 amide bonds. The minimum atomic E-state index is -3.62. The molecule has 1 aromatic rings. The first-order valence-electron chi connectivity index (χ1n) is 4.94.